The number of nitrogens with one attached hydrogen (secondary N) is 1. The van der Waals surface area contributed by atoms with Crippen LogP contribution in [0.2, 0.25) is 0 Å². The highest BCUT2D eigenvalue weighted by Crippen LogP contribution is 2.37. The van der Waals surface area contributed by atoms with Crippen LogP contribution in [-0.2, 0) is 11.2 Å². The molecule has 0 fully saturated rings. The number of aryl methyl sites for hydroxylation is 1. The monoisotopic (exact) mass is 275 g/mol. The molecule has 2 aromatic rings. The first-order chi connectivity index (χ1) is 9.69. The molecule has 5 heteroatoms. The number of aliphatic hydroxyl groups excluding tert-OH is 1. The van der Waals surface area contributed by atoms with E-state index >= 15 is 0 Å². The second-order valence-electron chi connectivity index (χ2n) is 5.04. The van der Waals surface area contributed by atoms with Gasteiger partial charge in [-0.05, 0) is 24.1 Å². The molecule has 1 aromatic carbocycles. The summed E-state index contributed by atoms with van der Waals surface area (Å²) in [5, 5.41) is 9.65. The largest absolute Gasteiger partial charge is 0.487 e. The molecule has 0 aliphatic carbocycles. The SMILES string of the molecule is Cc1cc2c(c3ccc(=O)[nH]c13)OC(COCCO)C2. The number of benzene rings is 1. The van der Waals surface area contributed by atoms with E-state index in [-0.39, 0.29) is 18.3 Å². The van der Waals surface area contributed by atoms with E-state index in [0.717, 1.165) is 34.2 Å². The van der Waals surface area contributed by atoms with Gasteiger partial charge in [-0.3, -0.25) is 4.79 Å². The number of fused-ring (bicyclic) bond motifs is 3. The molecule has 0 radical (unpaired) electrons. The smallest absolute Gasteiger partial charge is 0.248 e. The van der Waals surface area contributed by atoms with Crippen molar-refractivity contribution < 1.29 is 14.6 Å². The molecule has 106 valence electrons. The molecule has 1 unspecified atom stereocenters. The van der Waals surface area contributed by atoms with Gasteiger partial charge in [0, 0.05) is 17.9 Å². The van der Waals surface area contributed by atoms with Crippen LogP contribution in [0.1, 0.15) is 11.1 Å². The van der Waals surface area contributed by atoms with Gasteiger partial charge >= 0.3 is 0 Å². The molecule has 3 rings (SSSR count). The summed E-state index contributed by atoms with van der Waals surface area (Å²) in [6.45, 7) is 2.78. The van der Waals surface area contributed by atoms with Crippen molar-refractivity contribution in [2.24, 2.45) is 0 Å². The Morgan fingerprint density at radius 2 is 2.35 bits per heavy atom. The first kappa shape index (κ1) is 13.1. The number of H-pyrrole nitrogens is 1. The van der Waals surface area contributed by atoms with Crippen molar-refractivity contribution in [3.05, 3.63) is 39.7 Å². The second kappa shape index (κ2) is 5.26. The topological polar surface area (TPSA) is 71.6 Å². The molecule has 20 heavy (non-hydrogen) atoms. The fraction of sp³-hybridized carbons (Fsp3) is 0.400. The third kappa shape index (κ3) is 2.30. The number of hydrogen-bond acceptors (Lipinski definition) is 4. The quantitative estimate of drug-likeness (QED) is 0.821. The number of aromatic amines is 1. The third-order valence-corrected chi connectivity index (χ3v) is 3.51. The van der Waals surface area contributed by atoms with Crippen LogP contribution < -0.4 is 10.3 Å². The highest BCUT2D eigenvalue weighted by atomic mass is 16.5. The van der Waals surface area contributed by atoms with Crippen LogP contribution in [0.4, 0.5) is 0 Å². The van der Waals surface area contributed by atoms with Crippen LogP contribution in [0.5, 0.6) is 5.75 Å². The molecule has 1 atom stereocenters. The van der Waals surface area contributed by atoms with E-state index in [1.165, 1.54) is 6.07 Å². The van der Waals surface area contributed by atoms with Crippen molar-refractivity contribution in [1.82, 2.24) is 4.98 Å². The predicted octanol–water partition coefficient (Wildman–Crippen LogP) is 1.15. The van der Waals surface area contributed by atoms with E-state index < -0.39 is 0 Å². The van der Waals surface area contributed by atoms with Gasteiger partial charge in [-0.25, -0.2) is 0 Å². The number of aliphatic hydroxyl groups is 1. The van der Waals surface area contributed by atoms with Gasteiger partial charge in [-0.15, -0.1) is 0 Å². The summed E-state index contributed by atoms with van der Waals surface area (Å²) in [5.74, 6) is 0.833. The Morgan fingerprint density at radius 3 is 3.15 bits per heavy atom. The number of aromatic nitrogens is 1. The first-order valence-electron chi connectivity index (χ1n) is 6.70. The van der Waals surface area contributed by atoms with E-state index in [1.54, 1.807) is 6.07 Å². The van der Waals surface area contributed by atoms with E-state index in [4.69, 9.17) is 14.6 Å². The molecule has 2 heterocycles. The average molecular weight is 275 g/mol. The molecule has 1 aliphatic heterocycles. The third-order valence-electron chi connectivity index (χ3n) is 3.51. The van der Waals surface area contributed by atoms with Gasteiger partial charge < -0.3 is 19.6 Å². The van der Waals surface area contributed by atoms with Crippen LogP contribution in [0.3, 0.4) is 0 Å². The highest BCUT2D eigenvalue weighted by molar-refractivity contribution is 5.89. The fourth-order valence-electron chi connectivity index (χ4n) is 2.66. The lowest BCUT2D eigenvalue weighted by Gasteiger charge is -2.11. The van der Waals surface area contributed by atoms with Gasteiger partial charge in [-0.2, -0.15) is 0 Å². The van der Waals surface area contributed by atoms with Gasteiger partial charge in [0.1, 0.15) is 11.9 Å². The van der Waals surface area contributed by atoms with Crippen molar-refractivity contribution in [2.75, 3.05) is 19.8 Å². The molecule has 1 aliphatic rings. The van der Waals surface area contributed by atoms with Crippen molar-refractivity contribution in [3.8, 4) is 5.75 Å². The molecular formula is C15H17NO4. The van der Waals surface area contributed by atoms with E-state index in [2.05, 4.69) is 11.1 Å². The van der Waals surface area contributed by atoms with Crippen LogP contribution >= 0.6 is 0 Å². The summed E-state index contributed by atoms with van der Waals surface area (Å²) in [5.41, 5.74) is 2.89. The van der Waals surface area contributed by atoms with Crippen molar-refractivity contribution in [2.45, 2.75) is 19.4 Å². The van der Waals surface area contributed by atoms with E-state index in [1.807, 2.05) is 6.92 Å². The maximum atomic E-state index is 11.4. The van der Waals surface area contributed by atoms with Gasteiger partial charge in [0.05, 0.1) is 25.3 Å². The second-order valence-corrected chi connectivity index (χ2v) is 5.04. The molecule has 0 saturated carbocycles. The molecule has 0 amide bonds. The average Bonchev–Trinajstić information content (AvgIpc) is 2.82. The van der Waals surface area contributed by atoms with E-state index in [9.17, 15) is 4.79 Å². The normalized spacial score (nSPS) is 17.2. The standard InChI is InChI=1S/C15H17NO4/c1-9-6-10-7-11(8-19-5-4-17)20-15(10)12-2-3-13(18)16-14(9)12/h2-3,6,11,17H,4-5,7-8H2,1H3,(H,16,18). The summed E-state index contributed by atoms with van der Waals surface area (Å²) in [4.78, 5) is 14.3. The van der Waals surface area contributed by atoms with Gasteiger partial charge in [0.15, 0.2) is 0 Å². The molecular weight excluding hydrogens is 258 g/mol. The Bertz CT molecular complexity index is 692. The Kier molecular flexibility index (Phi) is 3.46. The molecule has 1 aromatic heterocycles. The van der Waals surface area contributed by atoms with Gasteiger partial charge in [0.25, 0.3) is 0 Å². The predicted molar refractivity (Wildman–Crippen MR) is 75.3 cm³/mol. The summed E-state index contributed by atoms with van der Waals surface area (Å²) in [6.07, 6.45) is 0.755. The highest BCUT2D eigenvalue weighted by Gasteiger charge is 2.25. The molecule has 0 spiro atoms. The summed E-state index contributed by atoms with van der Waals surface area (Å²) in [6, 6.07) is 5.37. The zero-order valence-corrected chi connectivity index (χ0v) is 11.3. The van der Waals surface area contributed by atoms with Gasteiger partial charge in [-0.1, -0.05) is 6.07 Å². The molecule has 5 nitrogen and oxygen atoms in total. The maximum absolute atomic E-state index is 11.4. The Morgan fingerprint density at radius 1 is 1.50 bits per heavy atom. The Balaban J connectivity index is 1.93. The minimum atomic E-state index is -0.110. The molecule has 0 saturated heterocycles. The summed E-state index contributed by atoms with van der Waals surface area (Å²) in [7, 11) is 0. The van der Waals surface area contributed by atoms with Crippen LogP contribution in [0.25, 0.3) is 10.9 Å². The van der Waals surface area contributed by atoms with E-state index in [0.29, 0.717) is 13.2 Å². The van der Waals surface area contributed by atoms with Gasteiger partial charge in [0.2, 0.25) is 5.56 Å². The van der Waals surface area contributed by atoms with Crippen LogP contribution in [-0.4, -0.2) is 36.0 Å². The number of rotatable bonds is 4. The Labute approximate surface area is 116 Å². The summed E-state index contributed by atoms with van der Waals surface area (Å²) < 4.78 is 11.3. The zero-order chi connectivity index (χ0) is 14.1. The first-order valence-corrected chi connectivity index (χ1v) is 6.70. The van der Waals surface area contributed by atoms with Crippen LogP contribution in [0.15, 0.2) is 23.0 Å². The minimum Gasteiger partial charge on any atom is -0.487 e. The molecule has 2 N–H and O–H groups in total. The number of hydrogen-bond donors (Lipinski definition) is 2. The van der Waals surface area contributed by atoms with Crippen molar-refractivity contribution >= 4 is 10.9 Å². The van der Waals surface area contributed by atoms with Crippen molar-refractivity contribution in [1.29, 1.82) is 0 Å². The minimum absolute atomic E-state index is 0.0168. The lowest BCUT2D eigenvalue weighted by atomic mass is 10.0. The zero-order valence-electron chi connectivity index (χ0n) is 11.3. The Hall–Kier alpha value is -1.85. The van der Waals surface area contributed by atoms with Crippen molar-refractivity contribution in [3.63, 3.8) is 0 Å². The fourth-order valence-corrected chi connectivity index (χ4v) is 2.66. The van der Waals surface area contributed by atoms with Crippen LogP contribution in [0, 0.1) is 6.92 Å². The molecule has 0 bridgehead atoms. The number of pyridine rings is 1. The maximum Gasteiger partial charge on any atom is 0.248 e. The lowest BCUT2D eigenvalue weighted by Crippen LogP contribution is -2.21. The lowest BCUT2D eigenvalue weighted by molar-refractivity contribution is 0.0408. The number of ether oxygens (including phenoxy) is 2. The summed E-state index contributed by atoms with van der Waals surface area (Å²) >= 11 is 0.